The average molecular weight is 703 g/mol. The number of imidazole rings is 1. The van der Waals surface area contributed by atoms with E-state index in [1.165, 1.54) is 6.33 Å². The summed E-state index contributed by atoms with van der Waals surface area (Å²) in [5.74, 6) is -0.884. The Morgan fingerprint density at radius 3 is 2.33 bits per heavy atom. The van der Waals surface area contributed by atoms with Crippen LogP contribution in [0.4, 0.5) is 4.79 Å². The highest BCUT2D eigenvalue weighted by molar-refractivity contribution is 5.91. The number of H-pyrrole nitrogens is 1. The van der Waals surface area contributed by atoms with Crippen LogP contribution in [0, 0.1) is 19.3 Å². The number of rotatable bonds is 15. The van der Waals surface area contributed by atoms with Crippen molar-refractivity contribution in [2.45, 2.75) is 84.0 Å². The number of hydrogen-bond donors (Lipinski definition) is 8. The number of benzene rings is 2. The average Bonchev–Trinajstić information content (AvgIpc) is 3.75. The molecular formula is C35H46N10O6. The molecule has 3 amide bonds. The molecule has 0 saturated carbocycles. The lowest BCUT2D eigenvalue weighted by molar-refractivity contribution is -0.130. The molecule has 0 spiro atoms. The number of aromatic amines is 1. The largest absolute Gasteiger partial charge is 0.508 e. The number of aryl methyl sites for hydroxylation is 2. The predicted octanol–water partition coefficient (Wildman–Crippen LogP) is 3.07. The van der Waals surface area contributed by atoms with Crippen LogP contribution in [0.3, 0.4) is 0 Å². The van der Waals surface area contributed by atoms with Crippen molar-refractivity contribution in [3.8, 4) is 17.1 Å². The number of nitrogens with two attached hydrogens (primary N) is 1. The summed E-state index contributed by atoms with van der Waals surface area (Å²) in [5, 5.41) is 32.8. The van der Waals surface area contributed by atoms with E-state index in [9.17, 15) is 19.5 Å². The molecule has 0 aliphatic carbocycles. The van der Waals surface area contributed by atoms with E-state index in [1.54, 1.807) is 52.9 Å². The summed E-state index contributed by atoms with van der Waals surface area (Å²) >= 11 is 0. The number of amides is 3. The number of aromatic hydroxyl groups is 1. The second-order valence-corrected chi connectivity index (χ2v) is 13.2. The zero-order valence-corrected chi connectivity index (χ0v) is 29.4. The maximum atomic E-state index is 14.3. The predicted molar refractivity (Wildman–Crippen MR) is 188 cm³/mol. The molecule has 3 atom stereocenters. The fraction of sp³-hybridized carbons (Fsp3) is 0.400. The number of aromatic nitrogens is 4. The molecule has 9 N–H and O–H groups in total. The standard InChI is InChI=1S/C35H46N10O6/c1-20-14-24(46)15-21(2)25(20)17-27(41-30(47)26(12-9-13-39-33(36)37)43-34(49)50-35(3,4)5)31(48)42-28(16-23-18-38-19-40-23)32-44-29(45-51-32)22-10-7-6-8-11-22/h6-8,10-11,14-15,18-19,26-28,46H,9,12-13,16-17H2,1-5H3,(H,38,40)(H,41,47)(H,42,48)(H,43,49)(H4,36,37,39)/t26-,27+,28+/m1/s1. The number of ether oxygens (including phenoxy) is 1. The Hall–Kier alpha value is -5.93. The Balaban J connectivity index is 1.64. The van der Waals surface area contributed by atoms with Gasteiger partial charge in [-0.15, -0.1) is 0 Å². The summed E-state index contributed by atoms with van der Waals surface area (Å²) in [6, 6.07) is 9.30. The third-order valence-corrected chi connectivity index (χ3v) is 7.77. The van der Waals surface area contributed by atoms with E-state index in [1.807, 2.05) is 30.3 Å². The summed E-state index contributed by atoms with van der Waals surface area (Å²) in [7, 11) is 0. The normalized spacial score (nSPS) is 13.0. The zero-order chi connectivity index (χ0) is 37.1. The molecule has 272 valence electrons. The van der Waals surface area contributed by atoms with Gasteiger partial charge in [0, 0.05) is 31.1 Å². The van der Waals surface area contributed by atoms with E-state index in [4.69, 9.17) is 20.4 Å². The Labute approximate surface area is 295 Å². The Morgan fingerprint density at radius 1 is 1.02 bits per heavy atom. The van der Waals surface area contributed by atoms with Gasteiger partial charge in [-0.25, -0.2) is 9.78 Å². The molecule has 4 aromatic rings. The summed E-state index contributed by atoms with van der Waals surface area (Å²) in [6.45, 7) is 8.98. The summed E-state index contributed by atoms with van der Waals surface area (Å²) in [4.78, 5) is 52.8. The molecule has 0 aliphatic heterocycles. The van der Waals surface area contributed by atoms with Gasteiger partial charge >= 0.3 is 6.09 Å². The SMILES string of the molecule is Cc1cc(O)cc(C)c1C[C@H](NC(=O)[C@@H](CCCNC(=N)N)NC(=O)OC(C)(C)C)C(=O)N[C@@H](Cc1c[nH]cn1)c1nc(-c2ccccc2)no1. The number of phenols is 1. The fourth-order valence-corrected chi connectivity index (χ4v) is 5.39. The van der Waals surface area contributed by atoms with E-state index in [0.717, 1.165) is 22.3 Å². The van der Waals surface area contributed by atoms with Crippen LogP contribution in [0.2, 0.25) is 0 Å². The van der Waals surface area contributed by atoms with Gasteiger partial charge in [-0.1, -0.05) is 35.5 Å². The Bertz CT molecular complexity index is 1760. The molecule has 16 nitrogen and oxygen atoms in total. The summed E-state index contributed by atoms with van der Waals surface area (Å²) < 4.78 is 11.0. The second kappa shape index (κ2) is 17.1. The molecule has 2 heterocycles. The van der Waals surface area contributed by atoms with Gasteiger partial charge in [0.2, 0.25) is 23.5 Å². The van der Waals surface area contributed by atoms with E-state index in [2.05, 4.69) is 41.4 Å². The van der Waals surface area contributed by atoms with Crippen molar-refractivity contribution in [1.29, 1.82) is 5.41 Å². The number of carbonyl (C=O) groups excluding carboxylic acids is 3. The van der Waals surface area contributed by atoms with Gasteiger partial charge in [-0.05, 0) is 76.3 Å². The minimum atomic E-state index is -1.16. The van der Waals surface area contributed by atoms with Crippen molar-refractivity contribution in [2.75, 3.05) is 6.54 Å². The van der Waals surface area contributed by atoms with Crippen LogP contribution in [0.25, 0.3) is 11.4 Å². The van der Waals surface area contributed by atoms with Crippen LogP contribution in [0.5, 0.6) is 5.75 Å². The van der Waals surface area contributed by atoms with Gasteiger partial charge in [-0.3, -0.25) is 15.0 Å². The number of carbonyl (C=O) groups is 3. The topological polar surface area (TPSA) is 246 Å². The lowest BCUT2D eigenvalue weighted by atomic mass is 9.95. The Kier molecular flexibility index (Phi) is 12.7. The van der Waals surface area contributed by atoms with Gasteiger partial charge in [0.25, 0.3) is 0 Å². The monoisotopic (exact) mass is 702 g/mol. The van der Waals surface area contributed by atoms with Crippen molar-refractivity contribution in [3.05, 3.63) is 83.3 Å². The van der Waals surface area contributed by atoms with Gasteiger partial charge in [0.15, 0.2) is 5.96 Å². The van der Waals surface area contributed by atoms with Gasteiger partial charge in [0.05, 0.1) is 12.0 Å². The van der Waals surface area contributed by atoms with Crippen molar-refractivity contribution in [1.82, 2.24) is 41.4 Å². The highest BCUT2D eigenvalue weighted by Crippen LogP contribution is 2.24. The number of guanidine groups is 1. The molecule has 51 heavy (non-hydrogen) atoms. The van der Waals surface area contributed by atoms with Crippen molar-refractivity contribution >= 4 is 23.9 Å². The molecule has 0 unspecified atom stereocenters. The molecule has 2 aromatic heterocycles. The number of hydrogen-bond acceptors (Lipinski definition) is 10. The molecule has 0 radical (unpaired) electrons. The molecule has 2 aromatic carbocycles. The number of phenolic OH excluding ortho intramolecular Hbond substituents is 1. The first-order chi connectivity index (χ1) is 24.2. The number of nitrogens with zero attached hydrogens (tertiary/aromatic N) is 3. The lowest BCUT2D eigenvalue weighted by Gasteiger charge is -2.27. The van der Waals surface area contributed by atoms with E-state index >= 15 is 0 Å². The minimum Gasteiger partial charge on any atom is -0.508 e. The smallest absolute Gasteiger partial charge is 0.408 e. The third-order valence-electron chi connectivity index (χ3n) is 7.77. The summed E-state index contributed by atoms with van der Waals surface area (Å²) in [5.41, 5.74) is 8.10. The van der Waals surface area contributed by atoms with E-state index in [-0.39, 0.29) is 43.4 Å². The fourth-order valence-electron chi connectivity index (χ4n) is 5.39. The molecular weight excluding hydrogens is 656 g/mol. The molecule has 0 aliphatic rings. The number of alkyl carbamates (subject to hydrolysis) is 1. The third kappa shape index (κ3) is 11.6. The highest BCUT2D eigenvalue weighted by atomic mass is 16.6. The number of nitrogens with one attached hydrogen (secondary N) is 6. The van der Waals surface area contributed by atoms with Crippen LogP contribution >= 0.6 is 0 Å². The van der Waals surface area contributed by atoms with Crippen LogP contribution in [0.1, 0.15) is 67.9 Å². The van der Waals surface area contributed by atoms with Crippen LogP contribution in [-0.4, -0.2) is 73.3 Å². The maximum absolute atomic E-state index is 14.3. The highest BCUT2D eigenvalue weighted by Gasteiger charge is 2.32. The maximum Gasteiger partial charge on any atom is 0.408 e. The first kappa shape index (κ1) is 37.9. The first-order valence-electron chi connectivity index (χ1n) is 16.5. The van der Waals surface area contributed by atoms with Crippen LogP contribution in [-0.2, 0) is 27.2 Å². The molecule has 0 fully saturated rings. The molecule has 16 heteroatoms. The van der Waals surface area contributed by atoms with Gasteiger partial charge < -0.3 is 46.4 Å². The van der Waals surface area contributed by atoms with Gasteiger partial charge in [0.1, 0.15) is 29.5 Å². The first-order valence-corrected chi connectivity index (χ1v) is 16.5. The quantitative estimate of drug-likeness (QED) is 0.0508. The Morgan fingerprint density at radius 2 is 1.71 bits per heavy atom. The minimum absolute atomic E-state index is 0.0504. The van der Waals surface area contributed by atoms with Gasteiger partial charge in [-0.2, -0.15) is 4.98 Å². The molecule has 4 rings (SSSR count). The van der Waals surface area contributed by atoms with Crippen molar-refractivity contribution in [2.24, 2.45) is 5.73 Å². The van der Waals surface area contributed by atoms with Crippen molar-refractivity contribution < 1.29 is 28.8 Å². The van der Waals surface area contributed by atoms with E-state index < -0.39 is 41.6 Å². The molecule has 0 saturated heterocycles. The zero-order valence-electron chi connectivity index (χ0n) is 29.4. The second-order valence-electron chi connectivity index (χ2n) is 13.2. The summed E-state index contributed by atoms with van der Waals surface area (Å²) in [6.07, 6.45) is 3.13. The lowest BCUT2D eigenvalue weighted by Crippen LogP contribution is -2.55. The van der Waals surface area contributed by atoms with Crippen molar-refractivity contribution in [3.63, 3.8) is 0 Å². The van der Waals surface area contributed by atoms with Crippen LogP contribution in [0.15, 0.2) is 59.5 Å². The van der Waals surface area contributed by atoms with E-state index in [0.29, 0.717) is 17.9 Å². The molecule has 0 bridgehead atoms. The van der Waals surface area contributed by atoms with Crippen LogP contribution < -0.4 is 27.0 Å².